The Morgan fingerprint density at radius 2 is 1.75 bits per heavy atom. The summed E-state index contributed by atoms with van der Waals surface area (Å²) in [5, 5.41) is 6.62. The highest BCUT2D eigenvalue weighted by Crippen LogP contribution is 2.12. The van der Waals surface area contributed by atoms with Crippen LogP contribution < -0.4 is 15.5 Å². The summed E-state index contributed by atoms with van der Waals surface area (Å²) in [6.07, 6.45) is 1.87. The van der Waals surface area contributed by atoms with E-state index in [4.69, 9.17) is 4.74 Å². The molecule has 7 nitrogen and oxygen atoms in total. The number of amides is 1. The maximum Gasteiger partial charge on any atom is 0.243 e. The molecule has 0 aromatic heterocycles. The van der Waals surface area contributed by atoms with Crippen LogP contribution in [0.2, 0.25) is 0 Å². The lowest BCUT2D eigenvalue weighted by atomic mass is 10.2. The van der Waals surface area contributed by atoms with Crippen LogP contribution in [-0.4, -0.2) is 76.8 Å². The molecule has 0 heterocycles. The van der Waals surface area contributed by atoms with Gasteiger partial charge in [0.1, 0.15) is 6.54 Å². The van der Waals surface area contributed by atoms with Crippen LogP contribution in [0.3, 0.4) is 0 Å². The molecule has 1 rings (SSSR count). The average Bonchev–Trinajstić information content (AvgIpc) is 2.71. The third-order valence-electron chi connectivity index (χ3n) is 4.23. The zero-order valence-electron chi connectivity index (χ0n) is 17.9. The van der Waals surface area contributed by atoms with Crippen molar-refractivity contribution >= 4 is 17.6 Å². The number of nitrogens with zero attached hydrogens (tertiary/aromatic N) is 3. The molecular weight excluding hydrogens is 354 g/mol. The van der Waals surface area contributed by atoms with E-state index in [9.17, 15) is 4.79 Å². The Hall–Kier alpha value is -2.28. The molecule has 0 bridgehead atoms. The number of aliphatic imine (C=N–C) groups is 1. The van der Waals surface area contributed by atoms with Crippen molar-refractivity contribution in [2.45, 2.75) is 26.7 Å². The first kappa shape index (κ1) is 23.8. The molecule has 7 heteroatoms. The number of likely N-dealkylation sites (N-methyl/N-ethyl adjacent to an activating group) is 1. The molecule has 0 radical (unpaired) electrons. The number of hydrogen-bond acceptors (Lipinski definition) is 4. The molecule has 1 amide bonds. The molecule has 1 aromatic rings. The van der Waals surface area contributed by atoms with E-state index in [0.717, 1.165) is 52.2 Å². The number of para-hydroxylation sites is 1. The summed E-state index contributed by atoms with van der Waals surface area (Å²) in [6.45, 7) is 9.22. The number of guanidine groups is 1. The van der Waals surface area contributed by atoms with Gasteiger partial charge in [-0.2, -0.15) is 0 Å². The maximum absolute atomic E-state index is 11.8. The first-order valence-electron chi connectivity index (χ1n) is 10.2. The quantitative estimate of drug-likeness (QED) is 0.306. The number of carbonyl (C=O) groups excluding carboxylic acids is 1. The van der Waals surface area contributed by atoms with Crippen LogP contribution in [-0.2, 0) is 9.53 Å². The number of carbonyl (C=O) groups is 1. The number of benzene rings is 1. The molecule has 0 aliphatic carbocycles. The van der Waals surface area contributed by atoms with Crippen molar-refractivity contribution in [1.29, 1.82) is 0 Å². The van der Waals surface area contributed by atoms with Crippen LogP contribution >= 0.6 is 0 Å². The molecule has 158 valence electrons. The van der Waals surface area contributed by atoms with Crippen LogP contribution in [0.25, 0.3) is 0 Å². The molecule has 1 aromatic carbocycles. The number of rotatable bonds is 13. The summed E-state index contributed by atoms with van der Waals surface area (Å²) in [5.74, 6) is 0.658. The van der Waals surface area contributed by atoms with Gasteiger partial charge < -0.3 is 25.2 Å². The van der Waals surface area contributed by atoms with Gasteiger partial charge in [-0.25, -0.2) is 4.99 Å². The van der Waals surface area contributed by atoms with E-state index >= 15 is 0 Å². The number of ether oxygens (including phenoxy) is 1. The van der Waals surface area contributed by atoms with Crippen molar-refractivity contribution in [3.8, 4) is 0 Å². The van der Waals surface area contributed by atoms with Crippen LogP contribution in [0.15, 0.2) is 35.3 Å². The predicted molar refractivity (Wildman–Crippen MR) is 117 cm³/mol. The van der Waals surface area contributed by atoms with Gasteiger partial charge in [-0.3, -0.25) is 4.79 Å². The monoisotopic (exact) mass is 391 g/mol. The van der Waals surface area contributed by atoms with E-state index in [2.05, 4.69) is 51.7 Å². The maximum atomic E-state index is 11.8. The van der Waals surface area contributed by atoms with Crippen LogP contribution in [0.5, 0.6) is 0 Å². The van der Waals surface area contributed by atoms with Gasteiger partial charge in [-0.1, -0.05) is 18.2 Å². The minimum Gasteiger partial charge on any atom is -0.382 e. The Labute approximate surface area is 170 Å². The Morgan fingerprint density at radius 1 is 1.07 bits per heavy atom. The van der Waals surface area contributed by atoms with E-state index in [-0.39, 0.29) is 12.5 Å². The van der Waals surface area contributed by atoms with Crippen molar-refractivity contribution < 1.29 is 9.53 Å². The van der Waals surface area contributed by atoms with Gasteiger partial charge in [-0.15, -0.1) is 0 Å². The SMILES string of the molecule is CCOCCCNC(=NCC(=O)N(C)C)NCCCN(CC)c1ccccc1. The van der Waals surface area contributed by atoms with Gasteiger partial charge in [0.05, 0.1) is 0 Å². The first-order chi connectivity index (χ1) is 13.6. The minimum absolute atomic E-state index is 0.0170. The molecule has 2 N–H and O–H groups in total. The largest absolute Gasteiger partial charge is 0.382 e. The fraction of sp³-hybridized carbons (Fsp3) is 0.619. The van der Waals surface area contributed by atoms with Crippen molar-refractivity contribution in [1.82, 2.24) is 15.5 Å². The van der Waals surface area contributed by atoms with Crippen molar-refractivity contribution in [2.24, 2.45) is 4.99 Å². The van der Waals surface area contributed by atoms with Gasteiger partial charge >= 0.3 is 0 Å². The van der Waals surface area contributed by atoms with Crippen molar-refractivity contribution in [3.05, 3.63) is 30.3 Å². The fourth-order valence-electron chi connectivity index (χ4n) is 2.57. The normalized spacial score (nSPS) is 11.2. The summed E-state index contributed by atoms with van der Waals surface area (Å²) in [7, 11) is 3.48. The van der Waals surface area contributed by atoms with Gasteiger partial charge in [0.25, 0.3) is 0 Å². The topological polar surface area (TPSA) is 69.2 Å². The molecule has 0 unspecified atom stereocenters. The molecule has 0 spiro atoms. The predicted octanol–water partition coefficient (Wildman–Crippen LogP) is 1.95. The summed E-state index contributed by atoms with van der Waals surface area (Å²) in [5.41, 5.74) is 1.24. The molecule has 0 atom stereocenters. The molecule has 0 saturated heterocycles. The third-order valence-corrected chi connectivity index (χ3v) is 4.23. The van der Waals surface area contributed by atoms with Gasteiger partial charge in [0, 0.05) is 59.2 Å². The lowest BCUT2D eigenvalue weighted by molar-refractivity contribution is -0.127. The van der Waals surface area contributed by atoms with Crippen LogP contribution in [0.4, 0.5) is 5.69 Å². The fourth-order valence-corrected chi connectivity index (χ4v) is 2.57. The standard InChI is InChI=1S/C21H37N5O2/c1-5-26(19-12-8-7-9-13-19)16-10-14-22-21(23-15-11-17-28-6-2)24-18-20(27)25(3)4/h7-9,12-13H,5-6,10-11,14-18H2,1-4H3,(H2,22,23,24). The molecule has 0 saturated carbocycles. The first-order valence-corrected chi connectivity index (χ1v) is 10.2. The van der Waals surface area contributed by atoms with Crippen molar-refractivity contribution in [3.63, 3.8) is 0 Å². The second-order valence-corrected chi connectivity index (χ2v) is 6.63. The Morgan fingerprint density at radius 3 is 2.36 bits per heavy atom. The van der Waals surface area contributed by atoms with Gasteiger partial charge in [0.2, 0.25) is 5.91 Å². The minimum atomic E-state index is -0.0170. The van der Waals surface area contributed by atoms with Crippen LogP contribution in [0, 0.1) is 0 Å². The van der Waals surface area contributed by atoms with E-state index in [1.54, 1.807) is 19.0 Å². The summed E-state index contributed by atoms with van der Waals surface area (Å²) >= 11 is 0. The highest BCUT2D eigenvalue weighted by Gasteiger charge is 2.06. The van der Waals surface area contributed by atoms with E-state index < -0.39 is 0 Å². The Kier molecular flexibility index (Phi) is 12.5. The van der Waals surface area contributed by atoms with Gasteiger partial charge in [0.15, 0.2) is 5.96 Å². The van der Waals surface area contributed by atoms with E-state index in [0.29, 0.717) is 5.96 Å². The molecule has 0 aliphatic rings. The van der Waals surface area contributed by atoms with E-state index in [1.807, 2.05) is 13.0 Å². The van der Waals surface area contributed by atoms with Crippen LogP contribution in [0.1, 0.15) is 26.7 Å². The molecule has 28 heavy (non-hydrogen) atoms. The zero-order valence-corrected chi connectivity index (χ0v) is 17.9. The second kappa shape index (κ2) is 14.7. The second-order valence-electron chi connectivity index (χ2n) is 6.63. The lowest BCUT2D eigenvalue weighted by Crippen LogP contribution is -2.40. The lowest BCUT2D eigenvalue weighted by Gasteiger charge is -2.23. The Bertz CT molecular complexity index is 563. The zero-order chi connectivity index (χ0) is 20.6. The van der Waals surface area contributed by atoms with Crippen molar-refractivity contribution in [2.75, 3.05) is 64.9 Å². The smallest absolute Gasteiger partial charge is 0.243 e. The summed E-state index contributed by atoms with van der Waals surface area (Å²) < 4.78 is 5.36. The number of hydrogen-bond donors (Lipinski definition) is 2. The summed E-state index contributed by atoms with van der Waals surface area (Å²) in [6, 6.07) is 10.4. The highest BCUT2D eigenvalue weighted by atomic mass is 16.5. The number of anilines is 1. The third kappa shape index (κ3) is 10.2. The Balaban J connectivity index is 2.45. The highest BCUT2D eigenvalue weighted by molar-refractivity contribution is 5.84. The summed E-state index contributed by atoms with van der Waals surface area (Å²) in [4.78, 5) is 20.1. The molecular formula is C21H37N5O2. The average molecular weight is 392 g/mol. The van der Waals surface area contributed by atoms with E-state index in [1.165, 1.54) is 5.69 Å². The number of nitrogens with one attached hydrogen (secondary N) is 2. The molecule has 0 fully saturated rings. The van der Waals surface area contributed by atoms with Gasteiger partial charge in [-0.05, 0) is 38.8 Å². The molecule has 0 aliphatic heterocycles.